The molecule has 0 aliphatic carbocycles. The Morgan fingerprint density at radius 1 is 0.775 bits per heavy atom. The van der Waals surface area contributed by atoms with Crippen molar-refractivity contribution in [2.45, 2.75) is 143 Å². The topological polar surface area (TPSA) is 54.0 Å². The van der Waals surface area contributed by atoms with E-state index in [2.05, 4.69) is 121 Å². The molecule has 0 N–H and O–H groups in total. The van der Waals surface area contributed by atoms with Crippen molar-refractivity contribution in [3.8, 4) is 0 Å². The van der Waals surface area contributed by atoms with Crippen LogP contribution >= 0.6 is 0 Å². The van der Waals surface area contributed by atoms with E-state index in [1.165, 1.54) is 13.2 Å². The zero-order valence-corrected chi connectivity index (χ0v) is 32.0. The zero-order valence-electron chi connectivity index (χ0n) is 29.0. The highest BCUT2D eigenvalue weighted by molar-refractivity contribution is 6.74. The molecule has 234 valence electrons. The molecule has 40 heavy (non-hydrogen) atoms. The van der Waals surface area contributed by atoms with Gasteiger partial charge in [-0.3, -0.25) is 0 Å². The van der Waals surface area contributed by atoms with E-state index in [4.69, 9.17) is 18.0 Å². The number of allylic oxidation sites excluding steroid dienone is 2. The van der Waals surface area contributed by atoms with Gasteiger partial charge < -0.3 is 18.0 Å². The first-order chi connectivity index (χ1) is 18.1. The van der Waals surface area contributed by atoms with Crippen molar-refractivity contribution >= 4 is 30.9 Å². The number of hydrogen-bond donors (Lipinski definition) is 0. The van der Waals surface area contributed by atoms with Gasteiger partial charge in [0.05, 0.1) is 25.9 Å². The Morgan fingerprint density at radius 2 is 1.23 bits per heavy atom. The highest BCUT2D eigenvalue weighted by atomic mass is 28.4. The molecule has 0 aromatic rings. The number of carbonyl (C=O) groups is 1. The van der Waals surface area contributed by atoms with Crippen LogP contribution in [0.5, 0.6) is 0 Å². The first-order valence-corrected chi connectivity index (χ1v) is 23.6. The van der Waals surface area contributed by atoms with Gasteiger partial charge in [-0.25, -0.2) is 4.79 Å². The maximum absolute atomic E-state index is 12.1. The lowest BCUT2D eigenvalue weighted by atomic mass is 9.96. The van der Waals surface area contributed by atoms with Gasteiger partial charge in [0.25, 0.3) is 0 Å². The minimum absolute atomic E-state index is 0.000845. The lowest BCUT2D eigenvalue weighted by Crippen LogP contribution is -2.48. The number of carbonyl (C=O) groups excluding carboxylic acids is 1. The third kappa shape index (κ3) is 12.2. The van der Waals surface area contributed by atoms with Crippen LogP contribution in [0.2, 0.25) is 54.4 Å². The van der Waals surface area contributed by atoms with Gasteiger partial charge in [-0.1, -0.05) is 93.0 Å². The smallest absolute Gasteiger partial charge is 0.330 e. The molecule has 0 rings (SSSR count). The molecule has 0 aromatic heterocycles. The van der Waals surface area contributed by atoms with Crippen LogP contribution < -0.4 is 0 Å². The average Bonchev–Trinajstić information content (AvgIpc) is 2.85. The van der Waals surface area contributed by atoms with Gasteiger partial charge in [-0.05, 0) is 67.4 Å². The Balaban J connectivity index is 6.38. The van der Waals surface area contributed by atoms with Gasteiger partial charge in [0.1, 0.15) is 0 Å². The van der Waals surface area contributed by atoms with Crippen LogP contribution in [0.25, 0.3) is 0 Å². The van der Waals surface area contributed by atoms with Gasteiger partial charge >= 0.3 is 5.97 Å². The maximum atomic E-state index is 12.1. The Bertz CT molecular complexity index is 850. The third-order valence-corrected chi connectivity index (χ3v) is 23.0. The summed E-state index contributed by atoms with van der Waals surface area (Å²) in [6, 6.07) is 3.20. The predicted octanol–water partition coefficient (Wildman–Crippen LogP) is 9.66. The summed E-state index contributed by atoms with van der Waals surface area (Å²) in [5.41, 5.74) is 1.16. The van der Waals surface area contributed by atoms with Gasteiger partial charge in [-0.2, -0.15) is 0 Å². The van der Waals surface area contributed by atoms with Crippen molar-refractivity contribution in [2.75, 3.05) is 13.7 Å². The lowest BCUT2D eigenvalue weighted by Gasteiger charge is -2.42. The molecule has 0 aliphatic heterocycles. The molecule has 8 heteroatoms. The summed E-state index contributed by atoms with van der Waals surface area (Å²) in [6.07, 6.45) is 9.51. The van der Waals surface area contributed by atoms with Crippen molar-refractivity contribution in [1.29, 1.82) is 0 Å². The molecule has 0 amide bonds. The molecular weight excluding hydrogens is 549 g/mol. The molecule has 0 aromatic carbocycles. The number of ether oxygens (including phenoxy) is 1. The van der Waals surface area contributed by atoms with Gasteiger partial charge in [-0.15, -0.1) is 0 Å². The molecule has 0 spiro atoms. The van der Waals surface area contributed by atoms with Crippen LogP contribution in [0.3, 0.4) is 0 Å². The van der Waals surface area contributed by atoms with E-state index in [0.717, 1.165) is 23.7 Å². The second-order valence-corrected chi connectivity index (χ2v) is 28.6. The highest BCUT2D eigenvalue weighted by Crippen LogP contribution is 2.39. The van der Waals surface area contributed by atoms with Gasteiger partial charge in [0, 0.05) is 12.0 Å². The number of rotatable bonds is 16. The van der Waals surface area contributed by atoms with Crippen LogP contribution in [0, 0.1) is 5.92 Å². The zero-order chi connectivity index (χ0) is 31.6. The summed E-state index contributed by atoms with van der Waals surface area (Å²) in [4.78, 5) is 12.1. The largest absolute Gasteiger partial charge is 0.466 e. The van der Waals surface area contributed by atoms with Crippen LogP contribution in [0.15, 0.2) is 36.0 Å². The molecule has 0 saturated carbocycles. The van der Waals surface area contributed by atoms with Crippen molar-refractivity contribution in [3.05, 3.63) is 36.0 Å². The standard InChI is InChI=1S/C32H64O5Si3/c1-17-40(18-2,19-3)37-29(21-20-26(4)24-25-35-38(13,14)31(6,7)8)27(5)28(22-23-30(33)34-12)36-39(15,16)32(9,10)11/h20-24,27-29H,17-19,25H2,1-16H3/b21-20+,23-22+,26-24+/t27-,28+,29+/m0/s1. The third-order valence-electron chi connectivity index (χ3n) is 9.42. The fourth-order valence-electron chi connectivity index (χ4n) is 3.79. The van der Waals surface area contributed by atoms with E-state index in [1.807, 2.05) is 6.08 Å². The first kappa shape index (κ1) is 39.2. The summed E-state index contributed by atoms with van der Waals surface area (Å²) >= 11 is 0. The molecule has 5 nitrogen and oxygen atoms in total. The van der Waals surface area contributed by atoms with E-state index >= 15 is 0 Å². The Kier molecular flexibility index (Phi) is 15.9. The average molecular weight is 613 g/mol. The second-order valence-electron chi connectivity index (χ2n) is 14.3. The van der Waals surface area contributed by atoms with Crippen LogP contribution in [0.4, 0.5) is 0 Å². The number of methoxy groups -OCH3 is 1. The maximum Gasteiger partial charge on any atom is 0.330 e. The molecule has 3 atom stereocenters. The van der Waals surface area contributed by atoms with Crippen LogP contribution in [0.1, 0.15) is 76.2 Å². The van der Waals surface area contributed by atoms with Crippen LogP contribution in [-0.4, -0.2) is 56.8 Å². The monoisotopic (exact) mass is 612 g/mol. The van der Waals surface area contributed by atoms with E-state index in [1.54, 1.807) is 0 Å². The molecular formula is C32H64O5Si3. The summed E-state index contributed by atoms with van der Waals surface area (Å²) in [7, 11) is -4.46. The molecule has 0 bridgehead atoms. The molecule has 0 saturated heterocycles. The lowest BCUT2D eigenvalue weighted by molar-refractivity contribution is -0.134. The van der Waals surface area contributed by atoms with E-state index < -0.39 is 25.0 Å². The highest BCUT2D eigenvalue weighted by Gasteiger charge is 2.42. The summed E-state index contributed by atoms with van der Waals surface area (Å²) in [5.74, 6) is -0.372. The minimum Gasteiger partial charge on any atom is -0.466 e. The van der Waals surface area contributed by atoms with Gasteiger partial charge in [0.15, 0.2) is 25.0 Å². The SMILES string of the molecule is CC[Si](CC)(CC)O[C@H](/C=C/C(C)=C/CO[Si](C)(C)C(C)(C)C)[C@@H](C)[C@@H](/C=C/C(=O)OC)O[Si](C)(C)C(C)(C)C. The predicted molar refractivity (Wildman–Crippen MR) is 181 cm³/mol. The summed E-state index contributed by atoms with van der Waals surface area (Å²) in [5, 5.41) is 0.221. The quantitative estimate of drug-likeness (QED) is 0.0752. The second kappa shape index (κ2) is 16.2. The fourth-order valence-corrected chi connectivity index (χ4v) is 8.92. The summed E-state index contributed by atoms with van der Waals surface area (Å²) in [6.45, 7) is 34.3. The molecule has 0 aliphatic rings. The first-order valence-electron chi connectivity index (χ1n) is 15.2. The van der Waals surface area contributed by atoms with Crippen molar-refractivity contribution in [3.63, 3.8) is 0 Å². The normalized spacial score (nSPS) is 16.9. The molecule has 0 unspecified atom stereocenters. The molecule has 0 heterocycles. The fraction of sp³-hybridized carbons (Fsp3) is 0.781. The molecule has 0 radical (unpaired) electrons. The van der Waals surface area contributed by atoms with Crippen molar-refractivity contribution in [1.82, 2.24) is 0 Å². The number of esters is 1. The van der Waals surface area contributed by atoms with Crippen molar-refractivity contribution in [2.24, 2.45) is 5.92 Å². The van der Waals surface area contributed by atoms with Crippen molar-refractivity contribution < 1.29 is 22.8 Å². The van der Waals surface area contributed by atoms with E-state index in [0.29, 0.717) is 6.61 Å². The van der Waals surface area contributed by atoms with E-state index in [-0.39, 0.29) is 34.2 Å². The molecule has 0 fully saturated rings. The van der Waals surface area contributed by atoms with Crippen LogP contribution in [-0.2, 0) is 22.8 Å². The minimum atomic E-state index is -2.13. The van der Waals surface area contributed by atoms with Gasteiger partial charge in [0.2, 0.25) is 0 Å². The number of hydrogen-bond acceptors (Lipinski definition) is 5. The Labute approximate surface area is 251 Å². The summed E-state index contributed by atoms with van der Waals surface area (Å²) < 4.78 is 25.3. The Morgan fingerprint density at radius 3 is 1.65 bits per heavy atom. The Hall–Kier alpha value is -0.779. The van der Waals surface area contributed by atoms with E-state index in [9.17, 15) is 4.79 Å².